The van der Waals surface area contributed by atoms with Crippen LogP contribution >= 0.6 is 0 Å². The van der Waals surface area contributed by atoms with E-state index in [9.17, 15) is 13.2 Å². The van der Waals surface area contributed by atoms with E-state index in [4.69, 9.17) is 9.47 Å². The highest BCUT2D eigenvalue weighted by atomic mass is 32.2. The average molecular weight is 545 g/mol. The maximum absolute atomic E-state index is 13.9. The molecule has 4 aromatic rings. The number of ether oxygens (including phenoxy) is 2. The van der Waals surface area contributed by atoms with Crippen LogP contribution in [0, 0.1) is 0 Å². The maximum atomic E-state index is 13.9. The Morgan fingerprint density at radius 1 is 0.974 bits per heavy atom. The largest absolute Gasteiger partial charge is 0.497 e. The van der Waals surface area contributed by atoms with Crippen molar-refractivity contribution in [3.63, 3.8) is 0 Å². The summed E-state index contributed by atoms with van der Waals surface area (Å²) >= 11 is 0. The van der Waals surface area contributed by atoms with Gasteiger partial charge < -0.3 is 14.8 Å². The van der Waals surface area contributed by atoms with Crippen molar-refractivity contribution in [3.05, 3.63) is 96.1 Å². The number of carbonyl (C=O) groups excluding carboxylic acids is 1. The van der Waals surface area contributed by atoms with Crippen LogP contribution in [0.1, 0.15) is 31.9 Å². The van der Waals surface area contributed by atoms with Crippen LogP contribution in [0.25, 0.3) is 10.8 Å². The molecule has 1 N–H and O–H groups in total. The third-order valence-corrected chi connectivity index (χ3v) is 8.71. The number of methoxy groups -OCH3 is 1. The van der Waals surface area contributed by atoms with Gasteiger partial charge in [-0.2, -0.15) is 0 Å². The molecule has 0 bridgehead atoms. The van der Waals surface area contributed by atoms with Crippen molar-refractivity contribution in [2.45, 2.75) is 43.7 Å². The Morgan fingerprint density at radius 3 is 2.38 bits per heavy atom. The molecular weight excluding hydrogens is 512 g/mol. The first-order valence-corrected chi connectivity index (χ1v) is 14.2. The molecule has 1 heterocycles. The second-order valence-electron chi connectivity index (χ2n) is 10.6. The molecule has 5 rings (SSSR count). The summed E-state index contributed by atoms with van der Waals surface area (Å²) in [7, 11) is -2.48. The predicted octanol–water partition coefficient (Wildman–Crippen LogP) is 5.42. The molecule has 0 saturated heterocycles. The summed E-state index contributed by atoms with van der Waals surface area (Å²) in [6, 6.07) is 25.7. The molecule has 0 aliphatic carbocycles. The summed E-state index contributed by atoms with van der Waals surface area (Å²) in [6.07, 6.45) is -1.02. The van der Waals surface area contributed by atoms with Crippen molar-refractivity contribution in [1.29, 1.82) is 0 Å². The molecule has 0 saturated carbocycles. The van der Waals surface area contributed by atoms with Crippen LogP contribution in [0.2, 0.25) is 0 Å². The Hall–Kier alpha value is -4.04. The minimum absolute atomic E-state index is 0.104. The van der Waals surface area contributed by atoms with Gasteiger partial charge in [-0.25, -0.2) is 8.42 Å². The molecule has 8 heteroatoms. The summed E-state index contributed by atoms with van der Waals surface area (Å²) in [4.78, 5) is 13.4. The highest BCUT2D eigenvalue weighted by Crippen LogP contribution is 2.40. The molecule has 39 heavy (non-hydrogen) atoms. The van der Waals surface area contributed by atoms with Crippen molar-refractivity contribution in [2.75, 3.05) is 18.0 Å². The molecule has 202 valence electrons. The number of sulfonamides is 1. The van der Waals surface area contributed by atoms with Gasteiger partial charge in [0.2, 0.25) is 0 Å². The zero-order valence-corrected chi connectivity index (χ0v) is 23.3. The first-order valence-electron chi connectivity index (χ1n) is 12.8. The minimum Gasteiger partial charge on any atom is -0.497 e. The molecule has 7 nitrogen and oxygen atoms in total. The fourth-order valence-corrected chi connectivity index (χ4v) is 6.08. The normalized spacial score (nSPS) is 15.4. The van der Waals surface area contributed by atoms with Gasteiger partial charge in [0.25, 0.3) is 15.9 Å². The molecule has 0 fully saturated rings. The van der Waals surface area contributed by atoms with Crippen molar-refractivity contribution in [3.8, 4) is 11.5 Å². The Labute approximate surface area is 229 Å². The lowest BCUT2D eigenvalue weighted by Gasteiger charge is -2.36. The van der Waals surface area contributed by atoms with E-state index < -0.39 is 16.1 Å². The van der Waals surface area contributed by atoms with Gasteiger partial charge in [0, 0.05) is 6.54 Å². The number of hydrogen-bond acceptors (Lipinski definition) is 5. The fourth-order valence-electron chi connectivity index (χ4n) is 4.61. The Morgan fingerprint density at radius 2 is 1.69 bits per heavy atom. The van der Waals surface area contributed by atoms with E-state index in [0.29, 0.717) is 23.7 Å². The lowest BCUT2D eigenvalue weighted by atomic mass is 9.86. The van der Waals surface area contributed by atoms with E-state index in [-0.39, 0.29) is 22.8 Å². The van der Waals surface area contributed by atoms with E-state index in [1.165, 1.54) is 23.5 Å². The van der Waals surface area contributed by atoms with E-state index in [1.807, 2.05) is 54.6 Å². The Bertz CT molecular complexity index is 1630. The molecule has 1 aliphatic rings. The molecule has 1 aliphatic heterocycles. The SMILES string of the molecule is COc1ccc(S(=O)(=O)N2CC(C(=O)NCc3ccc4ccccc4c3)Oc3ccc(C(C)(C)C)cc32)cc1. The number of fused-ring (bicyclic) bond motifs is 2. The topological polar surface area (TPSA) is 84.9 Å². The summed E-state index contributed by atoms with van der Waals surface area (Å²) in [5.74, 6) is 0.512. The van der Waals surface area contributed by atoms with E-state index in [2.05, 4.69) is 26.1 Å². The second kappa shape index (κ2) is 10.3. The maximum Gasteiger partial charge on any atom is 0.264 e. The molecule has 4 aromatic carbocycles. The number of hydrogen-bond donors (Lipinski definition) is 1. The molecule has 0 radical (unpaired) electrons. The summed E-state index contributed by atoms with van der Waals surface area (Å²) < 4.78 is 40.3. The van der Waals surface area contributed by atoms with Crippen molar-refractivity contribution in [2.24, 2.45) is 0 Å². The van der Waals surface area contributed by atoms with Gasteiger partial charge in [-0.3, -0.25) is 9.10 Å². The van der Waals surface area contributed by atoms with E-state index in [1.54, 1.807) is 18.2 Å². The number of anilines is 1. The Kier molecular flexibility index (Phi) is 6.99. The average Bonchev–Trinajstić information content (AvgIpc) is 2.94. The molecule has 0 spiro atoms. The monoisotopic (exact) mass is 544 g/mol. The summed E-state index contributed by atoms with van der Waals surface area (Å²) in [5, 5.41) is 5.13. The quantitative estimate of drug-likeness (QED) is 0.351. The molecule has 0 aromatic heterocycles. The fraction of sp³-hybridized carbons (Fsp3) is 0.258. The zero-order valence-electron chi connectivity index (χ0n) is 22.5. The summed E-state index contributed by atoms with van der Waals surface area (Å²) in [6.45, 7) is 6.32. The van der Waals surface area contributed by atoms with E-state index >= 15 is 0 Å². The number of amides is 1. The third kappa shape index (κ3) is 5.43. The number of rotatable bonds is 6. The van der Waals surface area contributed by atoms with Gasteiger partial charge in [-0.1, -0.05) is 63.2 Å². The smallest absolute Gasteiger partial charge is 0.264 e. The zero-order chi connectivity index (χ0) is 27.8. The first-order chi connectivity index (χ1) is 18.6. The number of carbonyl (C=O) groups is 1. The van der Waals surface area contributed by atoms with E-state index in [0.717, 1.165) is 21.9 Å². The highest BCUT2D eigenvalue weighted by Gasteiger charge is 2.38. The van der Waals surface area contributed by atoms with Gasteiger partial charge in [-0.15, -0.1) is 0 Å². The standard InChI is InChI=1S/C31H32N2O5S/c1-31(2,3)24-11-16-28-27(18-24)33(39(35,36)26-14-12-25(37-4)13-15-26)20-29(38-28)30(34)32-19-21-9-10-22-7-5-6-8-23(22)17-21/h5-18,29H,19-20H2,1-4H3,(H,32,34). The van der Waals surface area contributed by atoms with Crippen LogP contribution in [0.5, 0.6) is 11.5 Å². The van der Waals surface area contributed by atoms with Crippen LogP contribution < -0.4 is 19.1 Å². The minimum atomic E-state index is -4.00. The summed E-state index contributed by atoms with van der Waals surface area (Å²) in [5.41, 5.74) is 2.10. The number of nitrogens with zero attached hydrogens (tertiary/aromatic N) is 1. The van der Waals surface area contributed by atoms with Gasteiger partial charge in [0.05, 0.1) is 24.2 Å². The molecule has 1 atom stereocenters. The first kappa shape index (κ1) is 26.6. The molecular formula is C31H32N2O5S. The van der Waals surface area contributed by atoms with Gasteiger partial charge in [0.15, 0.2) is 6.10 Å². The van der Waals surface area contributed by atoms with Crippen molar-refractivity contribution in [1.82, 2.24) is 5.32 Å². The van der Waals surface area contributed by atoms with Crippen LogP contribution in [-0.4, -0.2) is 34.1 Å². The molecule has 1 unspecified atom stereocenters. The number of benzene rings is 4. The lowest BCUT2D eigenvalue weighted by Crippen LogP contribution is -2.50. The number of nitrogens with one attached hydrogen (secondary N) is 1. The van der Waals surface area contributed by atoms with Crippen LogP contribution in [0.4, 0.5) is 5.69 Å². The van der Waals surface area contributed by atoms with Crippen molar-refractivity contribution < 1.29 is 22.7 Å². The van der Waals surface area contributed by atoms with Crippen LogP contribution in [-0.2, 0) is 26.8 Å². The van der Waals surface area contributed by atoms with Crippen LogP contribution in [0.15, 0.2) is 89.8 Å². The lowest BCUT2D eigenvalue weighted by molar-refractivity contribution is -0.127. The molecule has 1 amide bonds. The second-order valence-corrected chi connectivity index (χ2v) is 12.5. The predicted molar refractivity (Wildman–Crippen MR) is 153 cm³/mol. The van der Waals surface area contributed by atoms with Gasteiger partial charge in [0.1, 0.15) is 11.5 Å². The third-order valence-electron chi connectivity index (χ3n) is 6.92. The Balaban J connectivity index is 1.44. The van der Waals surface area contributed by atoms with Crippen LogP contribution in [0.3, 0.4) is 0 Å². The van der Waals surface area contributed by atoms with Crippen molar-refractivity contribution >= 4 is 32.4 Å². The van der Waals surface area contributed by atoms with Gasteiger partial charge >= 0.3 is 0 Å². The van der Waals surface area contributed by atoms with Gasteiger partial charge in [-0.05, 0) is 69.8 Å². The highest BCUT2D eigenvalue weighted by molar-refractivity contribution is 7.92.